The monoisotopic (exact) mass is 243 g/mol. The molecule has 0 aliphatic rings. The molecule has 18 heavy (non-hydrogen) atoms. The summed E-state index contributed by atoms with van der Waals surface area (Å²) in [6, 6.07) is 10.5. The molecule has 0 aliphatic carbocycles. The normalized spacial score (nSPS) is 10.8. The van der Waals surface area contributed by atoms with Gasteiger partial charge in [0.05, 0.1) is 6.54 Å². The smallest absolute Gasteiger partial charge is 0.0660 e. The second-order valence-electron chi connectivity index (χ2n) is 5.01. The van der Waals surface area contributed by atoms with Crippen molar-refractivity contribution in [1.82, 2.24) is 9.78 Å². The Morgan fingerprint density at radius 3 is 2.89 bits per heavy atom. The molecule has 1 aromatic carbocycles. The molecule has 0 atom stereocenters. The summed E-state index contributed by atoms with van der Waals surface area (Å²) in [6.45, 7) is 6.35. The molecule has 0 spiro atoms. The predicted octanol–water partition coefficient (Wildman–Crippen LogP) is 3.39. The van der Waals surface area contributed by atoms with E-state index in [9.17, 15) is 0 Å². The molecule has 0 saturated carbocycles. The minimum atomic E-state index is 0.741. The average molecular weight is 243 g/mol. The lowest BCUT2D eigenvalue weighted by Gasteiger charge is -2.10. The van der Waals surface area contributed by atoms with Gasteiger partial charge in [-0.2, -0.15) is 5.10 Å². The first-order chi connectivity index (χ1) is 8.74. The van der Waals surface area contributed by atoms with Gasteiger partial charge in [-0.1, -0.05) is 26.0 Å². The third-order valence-corrected chi connectivity index (χ3v) is 2.88. The Morgan fingerprint density at radius 1 is 1.28 bits per heavy atom. The van der Waals surface area contributed by atoms with Gasteiger partial charge in [-0.05, 0) is 36.1 Å². The van der Waals surface area contributed by atoms with Gasteiger partial charge in [-0.3, -0.25) is 4.68 Å². The van der Waals surface area contributed by atoms with Gasteiger partial charge in [0, 0.05) is 24.6 Å². The fourth-order valence-electron chi connectivity index (χ4n) is 1.87. The van der Waals surface area contributed by atoms with Gasteiger partial charge in [-0.15, -0.1) is 0 Å². The molecule has 96 valence electrons. The number of anilines is 1. The van der Waals surface area contributed by atoms with E-state index in [0.717, 1.165) is 19.0 Å². The lowest BCUT2D eigenvalue weighted by Crippen LogP contribution is -2.05. The number of hydrogen-bond acceptors (Lipinski definition) is 2. The number of hydrogen-bond donors (Lipinski definition) is 1. The molecule has 0 aliphatic heterocycles. The zero-order valence-electron chi connectivity index (χ0n) is 11.1. The fraction of sp³-hybridized carbons (Fsp3) is 0.400. The van der Waals surface area contributed by atoms with Crippen molar-refractivity contribution in [1.29, 1.82) is 0 Å². The molecule has 0 amide bonds. The third-order valence-electron chi connectivity index (χ3n) is 2.88. The Bertz CT molecular complexity index is 460. The standard InChI is InChI=1S/C15H21N3/c1-13(2)7-9-16-15-6-3-5-14(11-15)12-18-10-4-8-17-18/h3-6,8,10-11,13,16H,7,9,12H2,1-2H3. The zero-order chi connectivity index (χ0) is 12.8. The van der Waals surface area contributed by atoms with Gasteiger partial charge >= 0.3 is 0 Å². The van der Waals surface area contributed by atoms with E-state index in [1.165, 1.54) is 17.7 Å². The molecule has 0 radical (unpaired) electrons. The lowest BCUT2D eigenvalue weighted by atomic mass is 10.1. The van der Waals surface area contributed by atoms with Crippen molar-refractivity contribution in [2.24, 2.45) is 5.92 Å². The highest BCUT2D eigenvalue weighted by Crippen LogP contribution is 2.12. The molecule has 0 fully saturated rings. The van der Waals surface area contributed by atoms with E-state index in [0.29, 0.717) is 0 Å². The summed E-state index contributed by atoms with van der Waals surface area (Å²) >= 11 is 0. The van der Waals surface area contributed by atoms with E-state index in [1.54, 1.807) is 0 Å². The minimum Gasteiger partial charge on any atom is -0.385 e. The molecule has 1 aromatic heterocycles. The molecule has 2 rings (SSSR count). The van der Waals surface area contributed by atoms with Crippen LogP contribution in [0.2, 0.25) is 0 Å². The summed E-state index contributed by atoms with van der Waals surface area (Å²) in [5, 5.41) is 7.69. The highest BCUT2D eigenvalue weighted by atomic mass is 15.3. The molecule has 0 unspecified atom stereocenters. The second kappa shape index (κ2) is 6.24. The number of rotatable bonds is 6. The molecular formula is C15H21N3. The number of benzene rings is 1. The van der Waals surface area contributed by atoms with Crippen LogP contribution in [0, 0.1) is 5.92 Å². The number of nitrogens with zero attached hydrogens (tertiary/aromatic N) is 2. The van der Waals surface area contributed by atoms with Crippen LogP contribution in [-0.2, 0) is 6.54 Å². The van der Waals surface area contributed by atoms with Gasteiger partial charge in [0.15, 0.2) is 0 Å². The van der Waals surface area contributed by atoms with Crippen LogP contribution >= 0.6 is 0 Å². The van der Waals surface area contributed by atoms with Crippen LogP contribution in [0.15, 0.2) is 42.7 Å². The topological polar surface area (TPSA) is 29.9 Å². The summed E-state index contributed by atoms with van der Waals surface area (Å²) in [6.07, 6.45) is 4.99. The summed E-state index contributed by atoms with van der Waals surface area (Å²) in [7, 11) is 0. The van der Waals surface area contributed by atoms with Crippen LogP contribution in [0.4, 0.5) is 5.69 Å². The van der Waals surface area contributed by atoms with E-state index in [2.05, 4.69) is 48.5 Å². The van der Waals surface area contributed by atoms with Crippen molar-refractivity contribution in [3.63, 3.8) is 0 Å². The lowest BCUT2D eigenvalue weighted by molar-refractivity contribution is 0.607. The largest absolute Gasteiger partial charge is 0.385 e. The Kier molecular flexibility index (Phi) is 4.40. The van der Waals surface area contributed by atoms with Crippen LogP contribution < -0.4 is 5.32 Å². The van der Waals surface area contributed by atoms with Gasteiger partial charge < -0.3 is 5.32 Å². The first-order valence-electron chi connectivity index (χ1n) is 6.54. The maximum atomic E-state index is 4.22. The Balaban J connectivity index is 1.92. The highest BCUT2D eigenvalue weighted by Gasteiger charge is 1.98. The number of nitrogens with one attached hydrogen (secondary N) is 1. The van der Waals surface area contributed by atoms with E-state index >= 15 is 0 Å². The Morgan fingerprint density at radius 2 is 2.17 bits per heavy atom. The molecule has 3 heteroatoms. The van der Waals surface area contributed by atoms with Crippen molar-refractivity contribution < 1.29 is 0 Å². The fourth-order valence-corrected chi connectivity index (χ4v) is 1.87. The van der Waals surface area contributed by atoms with Crippen LogP contribution in [0.25, 0.3) is 0 Å². The molecule has 1 N–H and O–H groups in total. The SMILES string of the molecule is CC(C)CCNc1cccc(Cn2cccn2)c1. The van der Waals surface area contributed by atoms with Gasteiger partial charge in [0.2, 0.25) is 0 Å². The van der Waals surface area contributed by atoms with Crippen molar-refractivity contribution in [2.75, 3.05) is 11.9 Å². The van der Waals surface area contributed by atoms with Gasteiger partial charge in [0.25, 0.3) is 0 Å². The van der Waals surface area contributed by atoms with Crippen molar-refractivity contribution >= 4 is 5.69 Å². The first-order valence-corrected chi connectivity index (χ1v) is 6.54. The van der Waals surface area contributed by atoms with E-state index in [-0.39, 0.29) is 0 Å². The maximum absolute atomic E-state index is 4.22. The summed E-state index contributed by atoms with van der Waals surface area (Å²) in [5.74, 6) is 0.741. The molecule has 0 bridgehead atoms. The third kappa shape index (κ3) is 3.91. The highest BCUT2D eigenvalue weighted by molar-refractivity contribution is 5.45. The van der Waals surface area contributed by atoms with Crippen LogP contribution in [0.5, 0.6) is 0 Å². The zero-order valence-corrected chi connectivity index (χ0v) is 11.1. The second-order valence-corrected chi connectivity index (χ2v) is 5.01. The van der Waals surface area contributed by atoms with Crippen LogP contribution in [0.3, 0.4) is 0 Å². The molecular weight excluding hydrogens is 222 g/mol. The Labute approximate surface area is 109 Å². The van der Waals surface area contributed by atoms with Crippen LogP contribution in [-0.4, -0.2) is 16.3 Å². The van der Waals surface area contributed by atoms with Crippen LogP contribution in [0.1, 0.15) is 25.8 Å². The molecule has 1 heterocycles. The summed E-state index contributed by atoms with van der Waals surface area (Å²) in [4.78, 5) is 0. The van der Waals surface area contributed by atoms with E-state index in [1.807, 2.05) is 23.1 Å². The summed E-state index contributed by atoms with van der Waals surface area (Å²) < 4.78 is 1.94. The van der Waals surface area contributed by atoms with Gasteiger partial charge in [-0.25, -0.2) is 0 Å². The van der Waals surface area contributed by atoms with Crippen molar-refractivity contribution in [3.8, 4) is 0 Å². The maximum Gasteiger partial charge on any atom is 0.0660 e. The Hall–Kier alpha value is -1.77. The van der Waals surface area contributed by atoms with Crippen molar-refractivity contribution in [2.45, 2.75) is 26.8 Å². The molecule has 2 aromatic rings. The molecule has 3 nitrogen and oxygen atoms in total. The summed E-state index contributed by atoms with van der Waals surface area (Å²) in [5.41, 5.74) is 2.47. The predicted molar refractivity (Wildman–Crippen MR) is 75.7 cm³/mol. The van der Waals surface area contributed by atoms with Gasteiger partial charge in [0.1, 0.15) is 0 Å². The van der Waals surface area contributed by atoms with E-state index in [4.69, 9.17) is 0 Å². The first kappa shape index (κ1) is 12.7. The van der Waals surface area contributed by atoms with Crippen molar-refractivity contribution in [3.05, 3.63) is 48.3 Å². The number of aromatic nitrogens is 2. The molecule has 0 saturated heterocycles. The van der Waals surface area contributed by atoms with E-state index < -0.39 is 0 Å². The quantitative estimate of drug-likeness (QED) is 0.842. The minimum absolute atomic E-state index is 0.741. The average Bonchev–Trinajstić information content (AvgIpc) is 2.82.